The molecule has 0 aliphatic rings. The van der Waals surface area contributed by atoms with Gasteiger partial charge >= 0.3 is 0 Å². The van der Waals surface area contributed by atoms with E-state index in [1.165, 1.54) is 11.3 Å². The Morgan fingerprint density at radius 3 is 2.63 bits per heavy atom. The van der Waals surface area contributed by atoms with Crippen LogP contribution in [0.5, 0.6) is 0 Å². The Balaban J connectivity index is 2.33. The van der Waals surface area contributed by atoms with Crippen molar-refractivity contribution in [2.24, 2.45) is 0 Å². The third-order valence-electron chi connectivity index (χ3n) is 2.45. The van der Waals surface area contributed by atoms with Gasteiger partial charge in [0.05, 0.1) is 3.79 Å². The zero-order valence-electron chi connectivity index (χ0n) is 10.3. The molecule has 2 rings (SSSR count). The van der Waals surface area contributed by atoms with Crippen LogP contribution in [0.1, 0.15) is 4.88 Å². The summed E-state index contributed by atoms with van der Waals surface area (Å²) in [5.74, 6) is 0. The van der Waals surface area contributed by atoms with E-state index in [0.717, 1.165) is 13.6 Å². The van der Waals surface area contributed by atoms with Crippen molar-refractivity contribution in [3.63, 3.8) is 0 Å². The fourth-order valence-corrected chi connectivity index (χ4v) is 5.52. The first-order valence-electron chi connectivity index (χ1n) is 5.35. The van der Waals surface area contributed by atoms with E-state index in [-0.39, 0.29) is 0 Å². The van der Waals surface area contributed by atoms with E-state index in [2.05, 4.69) is 20.7 Å². The van der Waals surface area contributed by atoms with E-state index in [1.807, 2.05) is 24.5 Å². The summed E-state index contributed by atoms with van der Waals surface area (Å²) in [4.78, 5) is 2.10. The number of hydrogen-bond donors (Lipinski definition) is 1. The quantitative estimate of drug-likeness (QED) is 0.805. The maximum absolute atomic E-state index is 12.3. The van der Waals surface area contributed by atoms with Crippen molar-refractivity contribution in [3.8, 4) is 0 Å². The molecule has 7 heteroatoms. The van der Waals surface area contributed by atoms with Gasteiger partial charge in [0.25, 0.3) is 10.0 Å². The predicted octanol–water partition coefficient (Wildman–Crippen LogP) is 4.34. The Morgan fingerprint density at radius 1 is 1.32 bits per heavy atom. The van der Waals surface area contributed by atoms with Gasteiger partial charge in [-0.1, -0.05) is 6.07 Å². The van der Waals surface area contributed by atoms with Gasteiger partial charge in [-0.15, -0.1) is 23.1 Å². The first-order valence-corrected chi connectivity index (χ1v) is 9.67. The molecule has 0 saturated carbocycles. The molecule has 1 N–H and O–H groups in total. The first-order chi connectivity index (χ1) is 8.92. The van der Waals surface area contributed by atoms with E-state index in [4.69, 9.17) is 0 Å². The van der Waals surface area contributed by atoms with Crippen LogP contribution >= 0.6 is 39.0 Å². The molecule has 0 unspecified atom stereocenters. The third kappa shape index (κ3) is 3.53. The number of sulfonamides is 1. The summed E-state index contributed by atoms with van der Waals surface area (Å²) in [6.07, 6.45) is 1.95. The highest BCUT2D eigenvalue weighted by Gasteiger charge is 2.19. The molecule has 0 fully saturated rings. The molecule has 0 atom stereocenters. The maximum atomic E-state index is 12.3. The van der Waals surface area contributed by atoms with Gasteiger partial charge in [-0.3, -0.25) is 4.72 Å². The summed E-state index contributed by atoms with van der Waals surface area (Å²) >= 11 is 6.29. The molecule has 0 saturated heterocycles. The van der Waals surface area contributed by atoms with Gasteiger partial charge in [0, 0.05) is 15.5 Å². The monoisotopic (exact) mass is 377 g/mol. The number of halogens is 1. The molecule has 1 aromatic heterocycles. The Morgan fingerprint density at radius 2 is 2.05 bits per heavy atom. The lowest BCUT2D eigenvalue weighted by Crippen LogP contribution is -2.13. The molecule has 1 aromatic carbocycles. The number of benzene rings is 1. The summed E-state index contributed by atoms with van der Waals surface area (Å²) in [7, 11) is -3.53. The predicted molar refractivity (Wildman–Crippen MR) is 85.8 cm³/mol. The highest BCUT2D eigenvalue weighted by atomic mass is 79.9. The molecule has 102 valence electrons. The summed E-state index contributed by atoms with van der Waals surface area (Å²) in [6.45, 7) is 1.79. The van der Waals surface area contributed by atoms with Gasteiger partial charge in [0.15, 0.2) is 0 Å². The topological polar surface area (TPSA) is 46.2 Å². The fraction of sp³-hybridized carbons (Fsp3) is 0.167. The zero-order chi connectivity index (χ0) is 14.0. The number of anilines is 1. The molecule has 2 aromatic rings. The summed E-state index contributed by atoms with van der Waals surface area (Å²) < 4.78 is 28.0. The number of thiophene rings is 1. The van der Waals surface area contributed by atoms with Crippen molar-refractivity contribution in [1.82, 2.24) is 0 Å². The number of nitrogens with one attached hydrogen (secondary N) is 1. The third-order valence-corrected chi connectivity index (χ3v) is 6.37. The van der Waals surface area contributed by atoms with E-state index >= 15 is 0 Å². The lowest BCUT2D eigenvalue weighted by molar-refractivity contribution is 0.601. The van der Waals surface area contributed by atoms with Crippen LogP contribution in [0, 0.1) is 6.92 Å². The Labute approximate surface area is 129 Å². The Kier molecular flexibility index (Phi) is 4.60. The molecule has 0 amide bonds. The largest absolute Gasteiger partial charge is 0.280 e. The van der Waals surface area contributed by atoms with Crippen LogP contribution < -0.4 is 4.72 Å². The lowest BCUT2D eigenvalue weighted by Gasteiger charge is -2.08. The second kappa shape index (κ2) is 5.87. The van der Waals surface area contributed by atoms with Crippen LogP contribution in [-0.2, 0) is 10.0 Å². The minimum atomic E-state index is -3.53. The molecule has 0 aliphatic heterocycles. The van der Waals surface area contributed by atoms with Crippen molar-refractivity contribution >= 4 is 54.7 Å². The van der Waals surface area contributed by atoms with Crippen LogP contribution in [0.2, 0.25) is 0 Å². The lowest BCUT2D eigenvalue weighted by atomic mass is 10.3. The maximum Gasteiger partial charge on any atom is 0.263 e. The van der Waals surface area contributed by atoms with E-state index in [1.54, 1.807) is 30.8 Å². The highest BCUT2D eigenvalue weighted by molar-refractivity contribution is 9.11. The van der Waals surface area contributed by atoms with Crippen LogP contribution in [0.25, 0.3) is 0 Å². The summed E-state index contributed by atoms with van der Waals surface area (Å²) in [5, 5.41) is 0. The second-order valence-electron chi connectivity index (χ2n) is 3.81. The molecule has 0 radical (unpaired) electrons. The minimum Gasteiger partial charge on any atom is -0.280 e. The van der Waals surface area contributed by atoms with Crippen molar-refractivity contribution in [2.45, 2.75) is 16.7 Å². The van der Waals surface area contributed by atoms with Gasteiger partial charge in [-0.05, 0) is 53.4 Å². The van der Waals surface area contributed by atoms with Gasteiger partial charge in [0.2, 0.25) is 0 Å². The molecular formula is C12H12BrNO2S3. The van der Waals surface area contributed by atoms with Crippen LogP contribution in [-0.4, -0.2) is 14.7 Å². The van der Waals surface area contributed by atoms with Crippen LogP contribution in [0.3, 0.4) is 0 Å². The molecular weight excluding hydrogens is 366 g/mol. The van der Waals surface area contributed by atoms with Crippen molar-refractivity contribution in [1.29, 1.82) is 0 Å². The fourth-order valence-electron chi connectivity index (χ4n) is 1.59. The first kappa shape index (κ1) is 14.9. The van der Waals surface area contributed by atoms with Gasteiger partial charge in [-0.2, -0.15) is 0 Å². The molecule has 1 heterocycles. The normalized spacial score (nSPS) is 11.5. The van der Waals surface area contributed by atoms with Crippen LogP contribution in [0.4, 0.5) is 5.69 Å². The standard InChI is InChI=1S/C12H12BrNO2S3/c1-8-11(7-12(13)18-8)19(15,16)14-9-4-3-5-10(6-9)17-2/h3-7,14H,1-2H3. The number of thioether (sulfide) groups is 1. The molecule has 0 aliphatic carbocycles. The van der Waals surface area contributed by atoms with Crippen molar-refractivity contribution < 1.29 is 8.42 Å². The second-order valence-corrected chi connectivity index (χ2v) is 8.97. The molecule has 19 heavy (non-hydrogen) atoms. The number of hydrogen-bond acceptors (Lipinski definition) is 4. The van der Waals surface area contributed by atoms with Gasteiger partial charge in [-0.25, -0.2) is 8.42 Å². The minimum absolute atomic E-state index is 0.318. The smallest absolute Gasteiger partial charge is 0.263 e. The van der Waals surface area contributed by atoms with Crippen molar-refractivity contribution in [3.05, 3.63) is 39.0 Å². The van der Waals surface area contributed by atoms with Gasteiger partial charge in [0.1, 0.15) is 4.90 Å². The average molecular weight is 378 g/mol. The Hall–Kier alpha value is -0.500. The number of rotatable bonds is 4. The van der Waals surface area contributed by atoms with Crippen LogP contribution in [0.15, 0.2) is 43.9 Å². The van der Waals surface area contributed by atoms with E-state index in [9.17, 15) is 8.42 Å². The number of aryl methyl sites for hydroxylation is 1. The average Bonchev–Trinajstić information content (AvgIpc) is 2.69. The molecule has 3 nitrogen and oxygen atoms in total. The Bertz CT molecular complexity index is 695. The summed E-state index contributed by atoms with van der Waals surface area (Å²) in [6, 6.07) is 8.96. The van der Waals surface area contributed by atoms with Gasteiger partial charge < -0.3 is 0 Å². The molecule has 0 bridgehead atoms. The van der Waals surface area contributed by atoms with Crippen molar-refractivity contribution in [2.75, 3.05) is 11.0 Å². The van der Waals surface area contributed by atoms with E-state index in [0.29, 0.717) is 10.6 Å². The highest BCUT2D eigenvalue weighted by Crippen LogP contribution is 2.31. The SMILES string of the molecule is CSc1cccc(NS(=O)(=O)c2cc(Br)sc2C)c1. The summed E-state index contributed by atoms with van der Waals surface area (Å²) in [5.41, 5.74) is 0.577. The van der Waals surface area contributed by atoms with E-state index < -0.39 is 10.0 Å². The molecule has 0 spiro atoms. The zero-order valence-corrected chi connectivity index (χ0v) is 14.3.